The van der Waals surface area contributed by atoms with Crippen LogP contribution in [0, 0.1) is 5.92 Å². The van der Waals surface area contributed by atoms with E-state index >= 15 is 0 Å². The third kappa shape index (κ3) is 5.70. The number of amides is 1. The zero-order valence-electron chi connectivity index (χ0n) is 18.3. The minimum Gasteiger partial charge on any atom is -0.346 e. The van der Waals surface area contributed by atoms with Crippen LogP contribution in [0.2, 0.25) is 0 Å². The largest absolute Gasteiger partial charge is 0.346 e. The number of hydrogen-bond acceptors (Lipinski definition) is 5. The standard InChI is InChI=1S/C25H30N4OS/c1-19(2)17-29(25-26-23(27-31-25)16-20-8-4-3-5-9-20)15-13-24(30)28-14-12-21-10-6-7-11-22(21)18-28/h3-11,19H,12-18H2,1-2H3. The number of carbonyl (C=O) groups excluding carboxylic acids is 1. The van der Waals surface area contributed by atoms with Crippen LogP contribution in [-0.2, 0) is 24.2 Å². The molecule has 31 heavy (non-hydrogen) atoms. The average molecular weight is 435 g/mol. The smallest absolute Gasteiger partial charge is 0.224 e. The van der Waals surface area contributed by atoms with E-state index in [-0.39, 0.29) is 5.91 Å². The van der Waals surface area contributed by atoms with E-state index in [2.05, 4.69) is 59.5 Å². The molecule has 0 bridgehead atoms. The highest BCUT2D eigenvalue weighted by Gasteiger charge is 2.22. The van der Waals surface area contributed by atoms with Crippen LogP contribution in [0.3, 0.4) is 0 Å². The molecule has 0 aliphatic carbocycles. The van der Waals surface area contributed by atoms with E-state index in [0.29, 0.717) is 18.9 Å². The molecule has 0 saturated carbocycles. The van der Waals surface area contributed by atoms with Gasteiger partial charge in [0.25, 0.3) is 0 Å². The summed E-state index contributed by atoms with van der Waals surface area (Å²) in [5, 5.41) is 0.913. The topological polar surface area (TPSA) is 49.3 Å². The van der Waals surface area contributed by atoms with E-state index in [1.807, 2.05) is 23.1 Å². The number of nitrogens with zero attached hydrogens (tertiary/aromatic N) is 4. The maximum absolute atomic E-state index is 12.9. The molecule has 2 heterocycles. The van der Waals surface area contributed by atoms with Crippen LogP contribution in [0.15, 0.2) is 54.6 Å². The molecule has 1 aromatic heterocycles. The molecule has 5 nitrogen and oxygen atoms in total. The fraction of sp³-hybridized carbons (Fsp3) is 0.400. The first kappa shape index (κ1) is 21.5. The summed E-state index contributed by atoms with van der Waals surface area (Å²) in [6.07, 6.45) is 2.18. The Kier molecular flexibility index (Phi) is 6.97. The monoisotopic (exact) mass is 434 g/mol. The van der Waals surface area contributed by atoms with Crippen molar-refractivity contribution in [3.05, 3.63) is 77.1 Å². The summed E-state index contributed by atoms with van der Waals surface area (Å²) in [5.74, 6) is 1.55. The van der Waals surface area contributed by atoms with Crippen LogP contribution in [0.5, 0.6) is 0 Å². The molecule has 0 atom stereocenters. The number of rotatable bonds is 8. The third-order valence-electron chi connectivity index (χ3n) is 5.60. The van der Waals surface area contributed by atoms with Gasteiger partial charge >= 0.3 is 0 Å². The van der Waals surface area contributed by atoms with Gasteiger partial charge < -0.3 is 9.80 Å². The van der Waals surface area contributed by atoms with Gasteiger partial charge in [0.15, 0.2) is 0 Å². The maximum Gasteiger partial charge on any atom is 0.224 e. The van der Waals surface area contributed by atoms with Gasteiger partial charge in [-0.05, 0) is 29.0 Å². The van der Waals surface area contributed by atoms with Gasteiger partial charge in [-0.3, -0.25) is 4.79 Å². The number of hydrogen-bond donors (Lipinski definition) is 0. The molecule has 162 valence electrons. The molecule has 0 N–H and O–H groups in total. The third-order valence-corrected chi connectivity index (χ3v) is 6.41. The van der Waals surface area contributed by atoms with Crippen molar-refractivity contribution in [3.8, 4) is 0 Å². The van der Waals surface area contributed by atoms with E-state index in [4.69, 9.17) is 4.98 Å². The minimum absolute atomic E-state index is 0.220. The van der Waals surface area contributed by atoms with Gasteiger partial charge in [0.05, 0.1) is 0 Å². The van der Waals surface area contributed by atoms with Crippen molar-refractivity contribution < 1.29 is 4.79 Å². The van der Waals surface area contributed by atoms with E-state index < -0.39 is 0 Å². The molecule has 0 radical (unpaired) electrons. The van der Waals surface area contributed by atoms with Crippen LogP contribution in [0.4, 0.5) is 5.13 Å². The first-order chi connectivity index (χ1) is 15.1. The molecule has 6 heteroatoms. The van der Waals surface area contributed by atoms with Gasteiger partial charge in [-0.2, -0.15) is 4.37 Å². The van der Waals surface area contributed by atoms with Gasteiger partial charge in [-0.1, -0.05) is 68.4 Å². The Morgan fingerprint density at radius 3 is 2.61 bits per heavy atom. The van der Waals surface area contributed by atoms with Gasteiger partial charge in [-0.25, -0.2) is 4.98 Å². The van der Waals surface area contributed by atoms with Crippen molar-refractivity contribution in [3.63, 3.8) is 0 Å². The lowest BCUT2D eigenvalue weighted by Crippen LogP contribution is -2.38. The SMILES string of the molecule is CC(C)CN(CCC(=O)N1CCc2ccccc2C1)c1nc(Cc2ccccc2)ns1. The molecule has 2 aromatic carbocycles. The van der Waals surface area contributed by atoms with Crippen LogP contribution < -0.4 is 4.90 Å². The van der Waals surface area contributed by atoms with Crippen LogP contribution in [-0.4, -0.2) is 39.8 Å². The minimum atomic E-state index is 0.220. The predicted octanol–water partition coefficient (Wildman–Crippen LogP) is 4.57. The van der Waals surface area contributed by atoms with Crippen LogP contribution in [0.1, 0.15) is 42.8 Å². The van der Waals surface area contributed by atoms with Crippen molar-refractivity contribution in [2.75, 3.05) is 24.5 Å². The summed E-state index contributed by atoms with van der Waals surface area (Å²) in [7, 11) is 0. The van der Waals surface area contributed by atoms with Crippen molar-refractivity contribution >= 4 is 22.6 Å². The number of benzene rings is 2. The summed E-state index contributed by atoms with van der Waals surface area (Å²) in [6, 6.07) is 18.7. The summed E-state index contributed by atoms with van der Waals surface area (Å²) in [4.78, 5) is 22.0. The molecule has 1 amide bonds. The summed E-state index contributed by atoms with van der Waals surface area (Å²) in [5.41, 5.74) is 3.85. The zero-order chi connectivity index (χ0) is 21.6. The second-order valence-electron chi connectivity index (χ2n) is 8.58. The lowest BCUT2D eigenvalue weighted by atomic mass is 10.00. The lowest BCUT2D eigenvalue weighted by molar-refractivity contribution is -0.131. The summed E-state index contributed by atoms with van der Waals surface area (Å²) in [6.45, 7) is 7.47. The molecule has 1 aliphatic heterocycles. The zero-order valence-corrected chi connectivity index (χ0v) is 19.1. The van der Waals surface area contributed by atoms with Gasteiger partial charge in [0.2, 0.25) is 11.0 Å². The van der Waals surface area contributed by atoms with E-state index in [1.165, 1.54) is 28.2 Å². The Morgan fingerprint density at radius 2 is 1.84 bits per heavy atom. The molecule has 4 rings (SSSR count). The van der Waals surface area contributed by atoms with E-state index in [1.54, 1.807) is 0 Å². The van der Waals surface area contributed by atoms with Crippen molar-refractivity contribution in [2.24, 2.45) is 5.92 Å². The van der Waals surface area contributed by atoms with Crippen LogP contribution in [0.25, 0.3) is 0 Å². The molecule has 3 aromatic rings. The summed E-state index contributed by atoms with van der Waals surface area (Å²) >= 11 is 1.44. The Morgan fingerprint density at radius 1 is 1.10 bits per heavy atom. The number of fused-ring (bicyclic) bond motifs is 1. The van der Waals surface area contributed by atoms with E-state index in [9.17, 15) is 4.79 Å². The highest BCUT2D eigenvalue weighted by Crippen LogP contribution is 2.22. The first-order valence-corrected chi connectivity index (χ1v) is 11.8. The van der Waals surface area contributed by atoms with Gasteiger partial charge in [-0.15, -0.1) is 0 Å². The second-order valence-corrected chi connectivity index (χ2v) is 9.31. The van der Waals surface area contributed by atoms with E-state index in [0.717, 1.165) is 43.4 Å². The molecular weight excluding hydrogens is 404 g/mol. The number of carbonyl (C=O) groups is 1. The second kappa shape index (κ2) is 10.1. The van der Waals surface area contributed by atoms with Gasteiger partial charge in [0, 0.05) is 50.6 Å². The molecule has 0 unspecified atom stereocenters. The molecular formula is C25H30N4OS. The highest BCUT2D eigenvalue weighted by molar-refractivity contribution is 7.09. The van der Waals surface area contributed by atoms with Crippen molar-refractivity contribution in [1.29, 1.82) is 0 Å². The Hall–Kier alpha value is -2.73. The Bertz CT molecular complexity index is 1000. The highest BCUT2D eigenvalue weighted by atomic mass is 32.1. The molecule has 0 spiro atoms. The van der Waals surface area contributed by atoms with Crippen LogP contribution >= 0.6 is 11.5 Å². The maximum atomic E-state index is 12.9. The average Bonchev–Trinajstić information content (AvgIpc) is 3.25. The Labute approximate surface area is 188 Å². The fourth-order valence-corrected chi connectivity index (χ4v) is 4.75. The quantitative estimate of drug-likeness (QED) is 0.521. The Balaban J connectivity index is 1.38. The number of aromatic nitrogens is 2. The van der Waals surface area contributed by atoms with Crippen molar-refractivity contribution in [2.45, 2.75) is 39.7 Å². The molecule has 0 saturated heterocycles. The molecule has 0 fully saturated rings. The predicted molar refractivity (Wildman–Crippen MR) is 126 cm³/mol. The van der Waals surface area contributed by atoms with Gasteiger partial charge in [0.1, 0.15) is 5.82 Å². The number of anilines is 1. The molecule has 1 aliphatic rings. The first-order valence-electron chi connectivity index (χ1n) is 11.0. The lowest BCUT2D eigenvalue weighted by Gasteiger charge is -2.30. The summed E-state index contributed by atoms with van der Waals surface area (Å²) < 4.78 is 4.58. The van der Waals surface area contributed by atoms with Crippen molar-refractivity contribution in [1.82, 2.24) is 14.3 Å². The normalized spacial score (nSPS) is 13.3. The fourth-order valence-electron chi connectivity index (χ4n) is 4.03.